The molecule has 174 valence electrons. The van der Waals surface area contributed by atoms with Crippen molar-refractivity contribution >= 4 is 48.1 Å². The van der Waals surface area contributed by atoms with Crippen molar-refractivity contribution in [3.05, 3.63) is 24.8 Å². The predicted octanol–water partition coefficient (Wildman–Crippen LogP) is 0.504. The number of carbonyl (C=O) groups excluding carboxylic acids is 8. The largest absolute Gasteiger partial charge is 0.359 e. The Bertz CT molecular complexity index is 762. The van der Waals surface area contributed by atoms with Crippen LogP contribution in [0.5, 0.6) is 0 Å². The van der Waals surface area contributed by atoms with E-state index in [0.29, 0.717) is 29.4 Å². The van der Waals surface area contributed by atoms with Crippen molar-refractivity contribution in [3.8, 4) is 0 Å². The fourth-order valence-corrected chi connectivity index (χ4v) is 1.89. The summed E-state index contributed by atoms with van der Waals surface area (Å²) in [5, 5.41) is 0.973. The molecule has 32 heavy (non-hydrogen) atoms. The van der Waals surface area contributed by atoms with Gasteiger partial charge in [0.1, 0.15) is 12.6 Å². The first-order chi connectivity index (χ1) is 15.1. The summed E-state index contributed by atoms with van der Waals surface area (Å²) in [7, 11) is 0. The molecular weight excluding hydrogens is 428 g/mol. The Morgan fingerprint density at radius 2 is 1.22 bits per heavy atom. The Morgan fingerprint density at radius 1 is 0.844 bits per heavy atom. The lowest BCUT2D eigenvalue weighted by Crippen LogP contribution is -2.32. The third-order valence-corrected chi connectivity index (χ3v) is 3.53. The number of hydroxylamine groups is 4. The maximum Gasteiger partial charge on any atom is 0.359 e. The monoisotopic (exact) mass is 452 g/mol. The molecule has 0 aromatic heterocycles. The predicted molar refractivity (Wildman–Crippen MR) is 105 cm³/mol. The molecule has 12 nitrogen and oxygen atoms in total. The highest BCUT2D eigenvalue weighted by molar-refractivity contribution is 6.03. The second-order valence-electron chi connectivity index (χ2n) is 6.20. The Balaban J connectivity index is 0.000000473. The summed E-state index contributed by atoms with van der Waals surface area (Å²) in [6.45, 7) is 7.89. The van der Waals surface area contributed by atoms with E-state index in [-0.39, 0.29) is 31.3 Å². The Hall–Kier alpha value is -3.96. The molecule has 0 spiro atoms. The van der Waals surface area contributed by atoms with Crippen LogP contribution in [-0.2, 0) is 48.0 Å². The van der Waals surface area contributed by atoms with Gasteiger partial charge >= 0.3 is 11.9 Å². The number of hydrogen-bond acceptors (Lipinski definition) is 10. The number of rotatable bonds is 8. The molecule has 2 aliphatic rings. The van der Waals surface area contributed by atoms with Crippen molar-refractivity contribution in [1.82, 2.24) is 10.1 Å². The van der Waals surface area contributed by atoms with Gasteiger partial charge in [-0.15, -0.1) is 10.1 Å². The molecule has 2 fully saturated rings. The molecule has 4 amide bonds. The smallest absolute Gasteiger partial charge is 0.326 e. The lowest BCUT2D eigenvalue weighted by atomic mass is 10.3. The van der Waals surface area contributed by atoms with Crippen molar-refractivity contribution in [2.24, 2.45) is 0 Å². The standard InChI is InChI=1S/C8H9NO4.C7H7NO4.C5H8O2/c1-5(2)8(12)13-9-6(10)3-4-7(9)11;1-2-7(11)12-8-5(9)3-4-6(8)10;6-4-2-1-3-5-7/h1,3-4H2,2H3;2H,1,3-4H2;4-5H,1-3H2. The number of nitrogens with zero attached hydrogens (tertiary/aromatic N) is 2. The van der Waals surface area contributed by atoms with Gasteiger partial charge in [-0.25, -0.2) is 9.59 Å². The minimum atomic E-state index is -0.807. The summed E-state index contributed by atoms with van der Waals surface area (Å²) < 4.78 is 0. The van der Waals surface area contributed by atoms with Crippen LogP contribution < -0.4 is 0 Å². The third kappa shape index (κ3) is 10.2. The Labute approximate surface area is 183 Å². The molecule has 0 bridgehead atoms. The van der Waals surface area contributed by atoms with E-state index in [4.69, 9.17) is 0 Å². The average molecular weight is 452 g/mol. The van der Waals surface area contributed by atoms with Crippen LogP contribution in [0.3, 0.4) is 0 Å². The molecule has 0 N–H and O–H groups in total. The minimum Gasteiger partial charge on any atom is -0.326 e. The number of imide groups is 2. The van der Waals surface area contributed by atoms with Gasteiger partial charge < -0.3 is 19.3 Å². The highest BCUT2D eigenvalue weighted by atomic mass is 16.7. The molecular formula is C20H24N2O10. The van der Waals surface area contributed by atoms with Crippen molar-refractivity contribution in [1.29, 1.82) is 0 Å². The first-order valence-electron chi connectivity index (χ1n) is 9.40. The minimum absolute atomic E-state index is 0.0995. The lowest BCUT2D eigenvalue weighted by molar-refractivity contribution is -0.194. The highest BCUT2D eigenvalue weighted by Gasteiger charge is 2.33. The molecule has 0 unspecified atom stereocenters. The quantitative estimate of drug-likeness (QED) is 0.219. The van der Waals surface area contributed by atoms with Gasteiger partial charge in [0, 0.05) is 50.2 Å². The maximum atomic E-state index is 10.9. The summed E-state index contributed by atoms with van der Waals surface area (Å²) in [6, 6.07) is 0. The lowest BCUT2D eigenvalue weighted by Gasteiger charge is -2.11. The van der Waals surface area contributed by atoms with Crippen molar-refractivity contribution in [2.45, 2.75) is 51.9 Å². The molecule has 0 aromatic carbocycles. The second-order valence-corrected chi connectivity index (χ2v) is 6.20. The van der Waals surface area contributed by atoms with Gasteiger partial charge in [0.2, 0.25) is 0 Å². The van der Waals surface area contributed by atoms with Crippen LogP contribution in [0.25, 0.3) is 0 Å². The third-order valence-electron chi connectivity index (χ3n) is 3.53. The molecule has 0 aliphatic carbocycles. The molecule has 0 radical (unpaired) electrons. The summed E-state index contributed by atoms with van der Waals surface area (Å²) in [5.41, 5.74) is 0.146. The molecule has 2 heterocycles. The van der Waals surface area contributed by atoms with Crippen LogP contribution in [0.1, 0.15) is 51.9 Å². The van der Waals surface area contributed by atoms with Gasteiger partial charge in [-0.05, 0) is 13.3 Å². The average Bonchev–Trinajstić information content (AvgIpc) is 3.25. The van der Waals surface area contributed by atoms with Crippen LogP contribution in [0.2, 0.25) is 0 Å². The van der Waals surface area contributed by atoms with Gasteiger partial charge in [-0.1, -0.05) is 13.2 Å². The van der Waals surface area contributed by atoms with Crippen LogP contribution in [-0.4, -0.2) is 58.3 Å². The Morgan fingerprint density at radius 3 is 1.53 bits per heavy atom. The van der Waals surface area contributed by atoms with Crippen LogP contribution in [0.15, 0.2) is 24.8 Å². The normalized spacial score (nSPS) is 14.5. The first-order valence-corrected chi connectivity index (χ1v) is 9.40. The van der Waals surface area contributed by atoms with E-state index in [0.717, 1.165) is 18.6 Å². The number of unbranched alkanes of at least 4 members (excludes halogenated alkanes) is 2. The summed E-state index contributed by atoms with van der Waals surface area (Å²) >= 11 is 0. The number of hydrogen-bond donors (Lipinski definition) is 0. The topological polar surface area (TPSA) is 161 Å². The number of carbonyl (C=O) groups is 8. The molecule has 0 atom stereocenters. The van der Waals surface area contributed by atoms with Crippen LogP contribution in [0.4, 0.5) is 0 Å². The molecule has 0 saturated carbocycles. The zero-order chi connectivity index (χ0) is 24.7. The van der Waals surface area contributed by atoms with E-state index in [9.17, 15) is 38.4 Å². The van der Waals surface area contributed by atoms with E-state index >= 15 is 0 Å². The molecule has 2 saturated heterocycles. The van der Waals surface area contributed by atoms with Crippen LogP contribution in [0, 0.1) is 0 Å². The zero-order valence-electron chi connectivity index (χ0n) is 17.6. The SMILES string of the molecule is C=C(C)C(=O)ON1C(=O)CCC1=O.C=CC(=O)ON1C(=O)CCC1=O.O=CCCCC=O. The number of aldehydes is 2. The van der Waals surface area contributed by atoms with E-state index in [1.165, 1.54) is 6.92 Å². The molecule has 12 heteroatoms. The van der Waals surface area contributed by atoms with E-state index in [1.54, 1.807) is 0 Å². The van der Waals surface area contributed by atoms with Crippen molar-refractivity contribution < 1.29 is 48.0 Å². The fourth-order valence-electron chi connectivity index (χ4n) is 1.89. The van der Waals surface area contributed by atoms with Gasteiger partial charge in [-0.2, -0.15) is 0 Å². The molecule has 2 aliphatic heterocycles. The van der Waals surface area contributed by atoms with Gasteiger partial charge in [0.25, 0.3) is 23.6 Å². The molecule has 2 rings (SSSR count). The van der Waals surface area contributed by atoms with Crippen LogP contribution >= 0.6 is 0 Å². The van der Waals surface area contributed by atoms with E-state index in [2.05, 4.69) is 22.8 Å². The van der Waals surface area contributed by atoms with E-state index in [1.807, 2.05) is 0 Å². The van der Waals surface area contributed by atoms with Gasteiger partial charge in [-0.3, -0.25) is 19.2 Å². The summed E-state index contributed by atoms with van der Waals surface area (Å²) in [5.74, 6) is -3.52. The Kier molecular flexibility index (Phi) is 13.1. The second kappa shape index (κ2) is 14.9. The highest BCUT2D eigenvalue weighted by Crippen LogP contribution is 2.13. The van der Waals surface area contributed by atoms with Crippen molar-refractivity contribution in [3.63, 3.8) is 0 Å². The van der Waals surface area contributed by atoms with Crippen molar-refractivity contribution in [2.75, 3.05) is 0 Å². The fraction of sp³-hybridized carbons (Fsp3) is 0.400. The van der Waals surface area contributed by atoms with Gasteiger partial charge in [0.05, 0.1) is 0 Å². The zero-order valence-corrected chi connectivity index (χ0v) is 17.6. The summed E-state index contributed by atoms with van der Waals surface area (Å²) in [6.07, 6.45) is 4.66. The first kappa shape index (κ1) is 28.0. The van der Waals surface area contributed by atoms with E-state index < -0.39 is 35.6 Å². The van der Waals surface area contributed by atoms with Gasteiger partial charge in [0.15, 0.2) is 0 Å². The maximum absolute atomic E-state index is 10.9. The molecule has 0 aromatic rings. The summed E-state index contributed by atoms with van der Waals surface area (Å²) in [4.78, 5) is 93.0. The number of amides is 4.